The minimum absolute atomic E-state index is 0.185. The molecular weight excluding hydrogens is 414 g/mol. The first-order chi connectivity index (χ1) is 15.0. The van der Waals surface area contributed by atoms with Crippen LogP contribution in [-0.2, 0) is 4.79 Å². The molecule has 0 spiro atoms. The molecule has 3 rings (SSSR count). The number of piperazine rings is 1. The maximum atomic E-state index is 12.6. The van der Waals surface area contributed by atoms with Crippen molar-refractivity contribution in [3.05, 3.63) is 53.1 Å². The monoisotopic (exact) mass is 443 g/mol. The van der Waals surface area contributed by atoms with Gasteiger partial charge in [0.1, 0.15) is 5.75 Å². The molecule has 0 aromatic heterocycles. The Kier molecular flexibility index (Phi) is 8.18. The van der Waals surface area contributed by atoms with Gasteiger partial charge < -0.3 is 19.9 Å². The third-order valence-electron chi connectivity index (χ3n) is 5.36. The first-order valence-electron chi connectivity index (χ1n) is 10.9. The molecule has 1 N–H and O–H groups in total. The molecule has 0 atom stereocenters. The van der Waals surface area contributed by atoms with E-state index in [-0.39, 0.29) is 11.8 Å². The lowest BCUT2D eigenvalue weighted by Crippen LogP contribution is -2.48. The van der Waals surface area contributed by atoms with Crippen molar-refractivity contribution in [3.63, 3.8) is 0 Å². The highest BCUT2D eigenvalue weighted by Crippen LogP contribution is 2.30. The number of benzene rings is 2. The van der Waals surface area contributed by atoms with Crippen molar-refractivity contribution in [3.8, 4) is 5.75 Å². The van der Waals surface area contributed by atoms with E-state index in [9.17, 15) is 9.59 Å². The van der Waals surface area contributed by atoms with Gasteiger partial charge in [0.25, 0.3) is 5.91 Å². The van der Waals surface area contributed by atoms with Crippen molar-refractivity contribution in [2.75, 3.05) is 43.0 Å². The van der Waals surface area contributed by atoms with Crippen LogP contribution < -0.4 is 15.0 Å². The molecule has 166 valence electrons. The zero-order valence-electron chi connectivity index (χ0n) is 18.2. The van der Waals surface area contributed by atoms with Crippen molar-refractivity contribution in [2.24, 2.45) is 0 Å². The van der Waals surface area contributed by atoms with Crippen LogP contribution in [0.25, 0.3) is 0 Å². The van der Waals surface area contributed by atoms with E-state index in [1.165, 1.54) is 0 Å². The Hall–Kier alpha value is -2.73. The third-order valence-corrected chi connectivity index (χ3v) is 5.67. The van der Waals surface area contributed by atoms with Gasteiger partial charge in [-0.1, -0.05) is 31.9 Å². The predicted molar refractivity (Wildman–Crippen MR) is 125 cm³/mol. The number of amides is 2. The van der Waals surface area contributed by atoms with Gasteiger partial charge in [-0.15, -0.1) is 0 Å². The van der Waals surface area contributed by atoms with Gasteiger partial charge in [0.2, 0.25) is 5.91 Å². The van der Waals surface area contributed by atoms with Crippen LogP contribution >= 0.6 is 11.6 Å². The summed E-state index contributed by atoms with van der Waals surface area (Å²) in [4.78, 5) is 28.5. The molecule has 0 saturated carbocycles. The van der Waals surface area contributed by atoms with Crippen LogP contribution in [0.1, 0.15) is 43.5 Å². The van der Waals surface area contributed by atoms with Crippen LogP contribution in [0.5, 0.6) is 5.75 Å². The number of hydrogen-bond donors (Lipinski definition) is 1. The zero-order chi connectivity index (χ0) is 22.2. The molecule has 2 aromatic rings. The highest BCUT2D eigenvalue weighted by molar-refractivity contribution is 6.33. The molecule has 7 heteroatoms. The second-order valence-corrected chi connectivity index (χ2v) is 7.98. The molecule has 0 unspecified atom stereocenters. The first-order valence-corrected chi connectivity index (χ1v) is 11.3. The maximum absolute atomic E-state index is 12.6. The number of rotatable bonds is 8. The van der Waals surface area contributed by atoms with Gasteiger partial charge in [0.05, 0.1) is 17.3 Å². The summed E-state index contributed by atoms with van der Waals surface area (Å²) in [6, 6.07) is 12.7. The lowest BCUT2D eigenvalue weighted by Gasteiger charge is -2.36. The van der Waals surface area contributed by atoms with Gasteiger partial charge in [-0.05, 0) is 48.9 Å². The van der Waals surface area contributed by atoms with E-state index >= 15 is 0 Å². The Bertz CT molecular complexity index is 893. The summed E-state index contributed by atoms with van der Waals surface area (Å²) in [5.41, 5.74) is 2.11. The highest BCUT2D eigenvalue weighted by atomic mass is 35.5. The lowest BCUT2D eigenvalue weighted by molar-refractivity contribution is -0.131. The van der Waals surface area contributed by atoms with E-state index in [0.29, 0.717) is 42.4 Å². The number of unbranched alkanes of at least 4 members (excludes halogenated alkanes) is 1. The van der Waals surface area contributed by atoms with E-state index in [2.05, 4.69) is 17.1 Å². The largest absolute Gasteiger partial charge is 0.494 e. The fourth-order valence-corrected chi connectivity index (χ4v) is 3.80. The standard InChI is InChI=1S/C24H30ClN3O3/c1-3-5-16-31-20-9-6-18(7-10-20)24(30)26-19-8-11-22(21(25)17-19)27-12-14-28(15-13-27)23(29)4-2/h6-11,17H,3-5,12-16H2,1-2H3,(H,26,30). The Balaban J connectivity index is 1.57. The fraction of sp³-hybridized carbons (Fsp3) is 0.417. The molecule has 1 aliphatic heterocycles. The zero-order valence-corrected chi connectivity index (χ0v) is 19.0. The number of halogens is 1. The van der Waals surface area contributed by atoms with E-state index < -0.39 is 0 Å². The second-order valence-electron chi connectivity index (χ2n) is 7.57. The molecule has 6 nitrogen and oxygen atoms in total. The van der Waals surface area contributed by atoms with Crippen molar-refractivity contribution >= 4 is 34.8 Å². The van der Waals surface area contributed by atoms with Crippen LogP contribution in [0, 0.1) is 0 Å². The molecule has 0 aliphatic carbocycles. The van der Waals surface area contributed by atoms with Gasteiger partial charge in [-0.3, -0.25) is 9.59 Å². The number of anilines is 2. The van der Waals surface area contributed by atoms with Crippen LogP contribution in [0.2, 0.25) is 5.02 Å². The van der Waals surface area contributed by atoms with Crippen LogP contribution in [0.3, 0.4) is 0 Å². The Labute approximate surface area is 189 Å². The van der Waals surface area contributed by atoms with Gasteiger partial charge in [0, 0.05) is 43.9 Å². The smallest absolute Gasteiger partial charge is 0.255 e. The summed E-state index contributed by atoms with van der Waals surface area (Å²) in [5.74, 6) is 0.748. The quantitative estimate of drug-likeness (QED) is 0.593. The Morgan fingerprint density at radius 2 is 1.74 bits per heavy atom. The molecule has 1 saturated heterocycles. The summed E-state index contributed by atoms with van der Waals surface area (Å²) < 4.78 is 5.64. The van der Waals surface area contributed by atoms with Crippen molar-refractivity contribution in [2.45, 2.75) is 33.1 Å². The van der Waals surface area contributed by atoms with Gasteiger partial charge >= 0.3 is 0 Å². The Morgan fingerprint density at radius 3 is 2.35 bits per heavy atom. The SMILES string of the molecule is CCCCOc1ccc(C(=O)Nc2ccc(N3CCN(C(=O)CC)CC3)c(Cl)c2)cc1. The van der Waals surface area contributed by atoms with Gasteiger partial charge in [0.15, 0.2) is 0 Å². The second kappa shape index (κ2) is 11.0. The fourth-order valence-electron chi connectivity index (χ4n) is 3.50. The van der Waals surface area contributed by atoms with E-state index in [0.717, 1.165) is 37.4 Å². The van der Waals surface area contributed by atoms with Crippen molar-refractivity contribution < 1.29 is 14.3 Å². The molecule has 1 aliphatic rings. The predicted octanol–water partition coefficient (Wildman–Crippen LogP) is 4.83. The summed E-state index contributed by atoms with van der Waals surface area (Å²) in [6.45, 7) is 7.55. The molecule has 1 fully saturated rings. The summed E-state index contributed by atoms with van der Waals surface area (Å²) in [5, 5.41) is 3.47. The summed E-state index contributed by atoms with van der Waals surface area (Å²) in [6.07, 6.45) is 2.62. The van der Waals surface area contributed by atoms with E-state index in [4.69, 9.17) is 16.3 Å². The maximum Gasteiger partial charge on any atom is 0.255 e. The van der Waals surface area contributed by atoms with Crippen LogP contribution in [0.4, 0.5) is 11.4 Å². The number of hydrogen-bond acceptors (Lipinski definition) is 4. The molecule has 1 heterocycles. The average Bonchev–Trinajstić information content (AvgIpc) is 2.79. The summed E-state index contributed by atoms with van der Waals surface area (Å²) >= 11 is 6.51. The minimum atomic E-state index is -0.199. The third kappa shape index (κ3) is 6.14. The van der Waals surface area contributed by atoms with E-state index in [1.54, 1.807) is 18.2 Å². The van der Waals surface area contributed by atoms with Crippen LogP contribution in [0.15, 0.2) is 42.5 Å². The number of nitrogens with zero attached hydrogens (tertiary/aromatic N) is 2. The molecule has 2 aromatic carbocycles. The highest BCUT2D eigenvalue weighted by Gasteiger charge is 2.21. The average molecular weight is 444 g/mol. The van der Waals surface area contributed by atoms with E-state index in [1.807, 2.05) is 36.1 Å². The number of carbonyl (C=O) groups is 2. The van der Waals surface area contributed by atoms with Gasteiger partial charge in [-0.2, -0.15) is 0 Å². The minimum Gasteiger partial charge on any atom is -0.494 e. The number of carbonyl (C=O) groups excluding carboxylic acids is 2. The van der Waals surface area contributed by atoms with Gasteiger partial charge in [-0.25, -0.2) is 0 Å². The van der Waals surface area contributed by atoms with Crippen LogP contribution in [-0.4, -0.2) is 49.5 Å². The summed E-state index contributed by atoms with van der Waals surface area (Å²) in [7, 11) is 0. The van der Waals surface area contributed by atoms with Crippen molar-refractivity contribution in [1.82, 2.24) is 4.90 Å². The molecule has 2 amide bonds. The van der Waals surface area contributed by atoms with Crippen molar-refractivity contribution in [1.29, 1.82) is 0 Å². The molecule has 31 heavy (non-hydrogen) atoms. The number of ether oxygens (including phenoxy) is 1. The normalized spacial score (nSPS) is 13.8. The first kappa shape index (κ1) is 22.9. The topological polar surface area (TPSA) is 61.9 Å². The number of nitrogens with one attached hydrogen (secondary N) is 1. The molecular formula is C24H30ClN3O3. The molecule has 0 radical (unpaired) electrons. The molecule has 0 bridgehead atoms. The lowest BCUT2D eigenvalue weighted by atomic mass is 10.2. The Morgan fingerprint density at radius 1 is 1.03 bits per heavy atom.